The summed E-state index contributed by atoms with van der Waals surface area (Å²) in [4.78, 5) is 20.1. The Hall–Kier alpha value is -3.13. The standard InChI is InChI=1S/C30H35ClN6O/c1-35-16-18-36(19-17-35)14-2-3-20-38-24-8-5-22(6-9-24)29-28-25(26-21-23(31)7-10-27(26)34-28)11-15-37(29)30-32-12-4-13-33-30/h4-10,12-13,21,29,34H,2-3,11,14-20H2,1H3/t29-/m0/s1. The fourth-order valence-corrected chi connectivity index (χ4v) is 5.88. The first-order valence-corrected chi connectivity index (χ1v) is 14.0. The molecular weight excluding hydrogens is 496 g/mol. The number of ether oxygens (including phenoxy) is 1. The number of hydrogen-bond acceptors (Lipinski definition) is 6. The number of hydrogen-bond donors (Lipinski definition) is 1. The number of likely N-dealkylation sites (N-methyl/N-ethyl adjacent to an activating group) is 1. The minimum absolute atomic E-state index is 0.0232. The van der Waals surface area contributed by atoms with Crippen LogP contribution >= 0.6 is 11.6 Å². The highest BCUT2D eigenvalue weighted by molar-refractivity contribution is 6.31. The third-order valence-electron chi connectivity index (χ3n) is 7.83. The van der Waals surface area contributed by atoms with E-state index < -0.39 is 0 Å². The minimum Gasteiger partial charge on any atom is -0.494 e. The molecule has 0 amide bonds. The molecule has 2 aliphatic heterocycles. The van der Waals surface area contributed by atoms with Gasteiger partial charge in [-0.05, 0) is 80.4 Å². The van der Waals surface area contributed by atoms with Gasteiger partial charge in [-0.25, -0.2) is 9.97 Å². The Morgan fingerprint density at radius 3 is 2.55 bits per heavy atom. The second-order valence-corrected chi connectivity index (χ2v) is 10.8. The van der Waals surface area contributed by atoms with E-state index in [-0.39, 0.29) is 6.04 Å². The summed E-state index contributed by atoms with van der Waals surface area (Å²) >= 11 is 6.36. The zero-order valence-electron chi connectivity index (χ0n) is 21.9. The molecule has 0 aliphatic carbocycles. The van der Waals surface area contributed by atoms with Gasteiger partial charge in [-0.3, -0.25) is 0 Å². The van der Waals surface area contributed by atoms with Crippen LogP contribution in [0.1, 0.15) is 35.7 Å². The van der Waals surface area contributed by atoms with Crippen LogP contribution in [-0.4, -0.2) is 77.7 Å². The summed E-state index contributed by atoms with van der Waals surface area (Å²) in [6.45, 7) is 7.43. The molecule has 0 spiro atoms. The van der Waals surface area contributed by atoms with Gasteiger partial charge in [0.2, 0.25) is 5.95 Å². The Morgan fingerprint density at radius 2 is 1.76 bits per heavy atom. The van der Waals surface area contributed by atoms with Crippen molar-refractivity contribution in [2.24, 2.45) is 0 Å². The number of nitrogens with one attached hydrogen (secondary N) is 1. The van der Waals surface area contributed by atoms with Gasteiger partial charge in [0.05, 0.1) is 12.6 Å². The molecule has 0 bridgehead atoms. The lowest BCUT2D eigenvalue weighted by Gasteiger charge is -2.36. The number of aromatic amines is 1. The summed E-state index contributed by atoms with van der Waals surface area (Å²) in [6.07, 6.45) is 6.75. The Bertz CT molecular complexity index is 1350. The van der Waals surface area contributed by atoms with E-state index in [1.807, 2.05) is 12.1 Å². The lowest BCUT2D eigenvalue weighted by atomic mass is 9.92. The molecule has 2 aromatic heterocycles. The monoisotopic (exact) mass is 530 g/mol. The van der Waals surface area contributed by atoms with Crippen molar-refractivity contribution in [2.75, 3.05) is 57.8 Å². The molecule has 38 heavy (non-hydrogen) atoms. The predicted octanol–water partition coefficient (Wildman–Crippen LogP) is 5.17. The van der Waals surface area contributed by atoms with Crippen molar-refractivity contribution in [2.45, 2.75) is 25.3 Å². The van der Waals surface area contributed by atoms with E-state index in [4.69, 9.17) is 16.3 Å². The fourth-order valence-electron chi connectivity index (χ4n) is 5.71. The normalized spacial score (nSPS) is 18.6. The lowest BCUT2D eigenvalue weighted by molar-refractivity contribution is 0.150. The second-order valence-electron chi connectivity index (χ2n) is 10.4. The molecule has 4 aromatic rings. The first-order chi connectivity index (χ1) is 18.7. The first kappa shape index (κ1) is 25.2. The Balaban J connectivity index is 1.17. The van der Waals surface area contributed by atoms with Crippen LogP contribution < -0.4 is 9.64 Å². The molecule has 198 valence electrons. The van der Waals surface area contributed by atoms with Gasteiger partial charge in [-0.1, -0.05) is 23.7 Å². The molecule has 0 radical (unpaired) electrons. The summed E-state index contributed by atoms with van der Waals surface area (Å²) in [6, 6.07) is 16.4. The maximum Gasteiger partial charge on any atom is 0.226 e. The van der Waals surface area contributed by atoms with Crippen molar-refractivity contribution < 1.29 is 4.74 Å². The van der Waals surface area contributed by atoms with Crippen LogP contribution in [0, 0.1) is 0 Å². The largest absolute Gasteiger partial charge is 0.494 e. The van der Waals surface area contributed by atoms with Crippen LogP contribution in [0.3, 0.4) is 0 Å². The summed E-state index contributed by atoms with van der Waals surface area (Å²) < 4.78 is 6.11. The van der Waals surface area contributed by atoms with Crippen LogP contribution in [0.15, 0.2) is 60.9 Å². The maximum atomic E-state index is 6.36. The highest BCUT2D eigenvalue weighted by Gasteiger charge is 2.33. The molecule has 2 aromatic carbocycles. The van der Waals surface area contributed by atoms with Crippen LogP contribution in [0.25, 0.3) is 10.9 Å². The SMILES string of the molecule is CN1CCN(CCCCOc2ccc([C@H]3c4[nH]c5ccc(Cl)cc5c4CCN3c3ncccn3)cc2)CC1. The van der Waals surface area contributed by atoms with Gasteiger partial charge in [0, 0.05) is 66.7 Å². The van der Waals surface area contributed by atoms with Gasteiger partial charge in [-0.15, -0.1) is 0 Å². The van der Waals surface area contributed by atoms with Crippen LogP contribution in [-0.2, 0) is 6.42 Å². The van der Waals surface area contributed by atoms with E-state index in [1.165, 1.54) is 54.8 Å². The highest BCUT2D eigenvalue weighted by Crippen LogP contribution is 2.40. The molecule has 1 N–H and O–H groups in total. The Kier molecular flexibility index (Phi) is 7.49. The molecule has 1 fully saturated rings. The third-order valence-corrected chi connectivity index (χ3v) is 8.06. The second kappa shape index (κ2) is 11.3. The van der Waals surface area contributed by atoms with Crippen molar-refractivity contribution in [3.8, 4) is 5.75 Å². The number of fused-ring (bicyclic) bond motifs is 3. The summed E-state index contributed by atoms with van der Waals surface area (Å²) in [5.41, 5.74) is 4.79. The van der Waals surface area contributed by atoms with Crippen molar-refractivity contribution in [3.05, 3.63) is 82.8 Å². The van der Waals surface area contributed by atoms with E-state index in [0.29, 0.717) is 0 Å². The Labute approximate surface area is 229 Å². The average Bonchev–Trinajstić information content (AvgIpc) is 3.32. The van der Waals surface area contributed by atoms with Gasteiger partial charge in [0.1, 0.15) is 5.75 Å². The van der Waals surface area contributed by atoms with Crippen molar-refractivity contribution in [1.29, 1.82) is 0 Å². The van der Waals surface area contributed by atoms with E-state index in [2.05, 4.69) is 73.1 Å². The molecule has 8 heteroatoms. The molecule has 7 nitrogen and oxygen atoms in total. The quantitative estimate of drug-likeness (QED) is 0.317. The maximum absolute atomic E-state index is 6.36. The van der Waals surface area contributed by atoms with Gasteiger partial charge in [0.15, 0.2) is 0 Å². The number of nitrogens with zero attached hydrogens (tertiary/aromatic N) is 5. The Morgan fingerprint density at radius 1 is 0.974 bits per heavy atom. The summed E-state index contributed by atoms with van der Waals surface area (Å²) in [5.74, 6) is 1.65. The van der Waals surface area contributed by atoms with Crippen molar-refractivity contribution in [3.63, 3.8) is 0 Å². The topological polar surface area (TPSA) is 60.5 Å². The number of aromatic nitrogens is 3. The molecular formula is C30H35ClN6O. The molecule has 0 saturated carbocycles. The van der Waals surface area contributed by atoms with E-state index in [1.54, 1.807) is 12.4 Å². The molecule has 2 aliphatic rings. The summed E-state index contributed by atoms with van der Waals surface area (Å²) in [7, 11) is 2.20. The highest BCUT2D eigenvalue weighted by atomic mass is 35.5. The van der Waals surface area contributed by atoms with Crippen LogP contribution in [0.5, 0.6) is 5.75 Å². The molecule has 4 heterocycles. The number of piperazine rings is 1. The third kappa shape index (κ3) is 5.37. The number of unbranched alkanes of at least 4 members (excludes halogenated alkanes) is 1. The van der Waals surface area contributed by atoms with Crippen LogP contribution in [0.2, 0.25) is 5.02 Å². The van der Waals surface area contributed by atoms with Crippen molar-refractivity contribution >= 4 is 28.5 Å². The first-order valence-electron chi connectivity index (χ1n) is 13.6. The lowest BCUT2D eigenvalue weighted by Crippen LogP contribution is -2.44. The van der Waals surface area contributed by atoms with Gasteiger partial charge in [-0.2, -0.15) is 0 Å². The number of halogens is 1. The fraction of sp³-hybridized carbons (Fsp3) is 0.400. The van der Waals surface area contributed by atoms with Gasteiger partial charge in [0.25, 0.3) is 0 Å². The average molecular weight is 531 g/mol. The zero-order valence-corrected chi connectivity index (χ0v) is 22.7. The van der Waals surface area contributed by atoms with E-state index in [0.717, 1.165) is 54.8 Å². The number of rotatable bonds is 8. The van der Waals surface area contributed by atoms with Crippen LogP contribution in [0.4, 0.5) is 5.95 Å². The molecule has 6 rings (SSSR count). The molecule has 1 saturated heterocycles. The number of H-pyrrole nitrogens is 1. The number of benzene rings is 2. The van der Waals surface area contributed by atoms with Crippen molar-refractivity contribution in [1.82, 2.24) is 24.8 Å². The van der Waals surface area contributed by atoms with Gasteiger partial charge < -0.3 is 24.4 Å². The predicted molar refractivity (Wildman–Crippen MR) is 153 cm³/mol. The molecule has 0 unspecified atom stereocenters. The smallest absolute Gasteiger partial charge is 0.226 e. The molecule has 1 atom stereocenters. The van der Waals surface area contributed by atoms with Gasteiger partial charge >= 0.3 is 0 Å². The van der Waals surface area contributed by atoms with E-state index >= 15 is 0 Å². The minimum atomic E-state index is -0.0232. The number of anilines is 1. The van der Waals surface area contributed by atoms with E-state index in [9.17, 15) is 0 Å². The summed E-state index contributed by atoms with van der Waals surface area (Å²) in [5, 5.41) is 1.96. The zero-order chi connectivity index (χ0) is 25.9.